The van der Waals surface area contributed by atoms with Crippen molar-refractivity contribution in [1.82, 2.24) is 14.8 Å². The van der Waals surface area contributed by atoms with Crippen LogP contribution >= 0.6 is 0 Å². The lowest BCUT2D eigenvalue weighted by Crippen LogP contribution is -2.30. The summed E-state index contributed by atoms with van der Waals surface area (Å²) in [5.74, 6) is -0.369. The summed E-state index contributed by atoms with van der Waals surface area (Å²) in [6.07, 6.45) is 0. The lowest BCUT2D eigenvalue weighted by Gasteiger charge is -2.14. The molecule has 1 aromatic rings. The second-order valence-corrected chi connectivity index (χ2v) is 3.01. The largest absolute Gasteiger partial charge is 0.494 e. The Labute approximate surface area is 92.1 Å². The standard InChI is InChI=1S/C9H13N3O4/c1-11-7(13)5-6(15-3)8(10-11)9(14)12(2)16-4/h5H,1-4H3. The number of amides is 1. The zero-order chi connectivity index (χ0) is 12.3. The van der Waals surface area contributed by atoms with Crippen molar-refractivity contribution in [2.24, 2.45) is 7.05 Å². The van der Waals surface area contributed by atoms with Crippen molar-refractivity contribution in [2.75, 3.05) is 21.3 Å². The maximum atomic E-state index is 11.8. The van der Waals surface area contributed by atoms with Crippen LogP contribution in [0, 0.1) is 0 Å². The molecular weight excluding hydrogens is 214 g/mol. The smallest absolute Gasteiger partial charge is 0.301 e. The van der Waals surface area contributed by atoms with Gasteiger partial charge in [0, 0.05) is 20.2 Å². The summed E-state index contributed by atoms with van der Waals surface area (Å²) in [6, 6.07) is 1.20. The molecule has 0 N–H and O–H groups in total. The monoisotopic (exact) mass is 227 g/mol. The van der Waals surface area contributed by atoms with Crippen molar-refractivity contribution in [3.8, 4) is 5.75 Å². The number of carbonyl (C=O) groups excluding carboxylic acids is 1. The third-order valence-electron chi connectivity index (χ3n) is 2.04. The van der Waals surface area contributed by atoms with E-state index in [9.17, 15) is 9.59 Å². The zero-order valence-electron chi connectivity index (χ0n) is 9.55. The minimum Gasteiger partial charge on any atom is -0.494 e. The molecule has 1 amide bonds. The van der Waals surface area contributed by atoms with E-state index in [4.69, 9.17) is 9.57 Å². The Morgan fingerprint density at radius 2 is 2.12 bits per heavy atom. The molecule has 0 atom stereocenters. The first-order chi connectivity index (χ1) is 7.51. The Hall–Kier alpha value is -1.89. The van der Waals surface area contributed by atoms with E-state index in [1.165, 1.54) is 34.4 Å². The van der Waals surface area contributed by atoms with Gasteiger partial charge in [-0.1, -0.05) is 0 Å². The number of rotatable bonds is 3. The van der Waals surface area contributed by atoms with Crippen molar-refractivity contribution in [3.05, 3.63) is 22.1 Å². The fourth-order valence-electron chi connectivity index (χ4n) is 1.06. The van der Waals surface area contributed by atoms with Gasteiger partial charge in [0.25, 0.3) is 5.56 Å². The SMILES string of the molecule is COc1cc(=O)n(C)nc1C(=O)N(C)OC. The second kappa shape index (κ2) is 4.75. The predicted molar refractivity (Wildman–Crippen MR) is 55.1 cm³/mol. The molecule has 1 aromatic heterocycles. The minimum atomic E-state index is -0.491. The van der Waals surface area contributed by atoms with Crippen molar-refractivity contribution in [3.63, 3.8) is 0 Å². The molecule has 0 saturated carbocycles. The highest BCUT2D eigenvalue weighted by Gasteiger charge is 2.20. The van der Waals surface area contributed by atoms with Crippen LogP contribution in [0.25, 0.3) is 0 Å². The molecule has 7 heteroatoms. The molecule has 0 bridgehead atoms. The van der Waals surface area contributed by atoms with Crippen molar-refractivity contribution in [2.45, 2.75) is 0 Å². The predicted octanol–water partition coefficient (Wildman–Crippen LogP) is -0.578. The van der Waals surface area contributed by atoms with Crippen LogP contribution in [-0.4, -0.2) is 42.0 Å². The third kappa shape index (κ3) is 2.19. The summed E-state index contributed by atoms with van der Waals surface area (Å²) >= 11 is 0. The minimum absolute atomic E-state index is 0.0222. The van der Waals surface area contributed by atoms with Crippen LogP contribution in [0.2, 0.25) is 0 Å². The first-order valence-electron chi connectivity index (χ1n) is 4.45. The number of ether oxygens (including phenoxy) is 1. The number of nitrogens with zero attached hydrogens (tertiary/aromatic N) is 3. The number of aryl methyl sites for hydroxylation is 1. The van der Waals surface area contributed by atoms with Gasteiger partial charge >= 0.3 is 5.91 Å². The molecule has 7 nitrogen and oxygen atoms in total. The van der Waals surface area contributed by atoms with Crippen LogP contribution in [0.15, 0.2) is 10.9 Å². The Bertz CT molecular complexity index is 455. The van der Waals surface area contributed by atoms with Gasteiger partial charge in [-0.05, 0) is 0 Å². The summed E-state index contributed by atoms with van der Waals surface area (Å²) in [6.45, 7) is 0. The van der Waals surface area contributed by atoms with E-state index in [0.29, 0.717) is 0 Å². The molecule has 0 unspecified atom stereocenters. The Kier molecular flexibility index (Phi) is 3.62. The highest BCUT2D eigenvalue weighted by atomic mass is 16.7. The molecule has 16 heavy (non-hydrogen) atoms. The van der Waals surface area contributed by atoms with Gasteiger partial charge in [0.2, 0.25) is 0 Å². The zero-order valence-corrected chi connectivity index (χ0v) is 9.55. The van der Waals surface area contributed by atoms with Crippen molar-refractivity contribution >= 4 is 5.91 Å². The van der Waals surface area contributed by atoms with Crippen LogP contribution in [0.3, 0.4) is 0 Å². The molecule has 88 valence electrons. The van der Waals surface area contributed by atoms with Gasteiger partial charge in [-0.2, -0.15) is 5.10 Å². The average Bonchev–Trinajstić information content (AvgIpc) is 2.30. The van der Waals surface area contributed by atoms with E-state index in [0.717, 1.165) is 9.75 Å². The van der Waals surface area contributed by atoms with Gasteiger partial charge in [-0.15, -0.1) is 0 Å². The second-order valence-electron chi connectivity index (χ2n) is 3.01. The van der Waals surface area contributed by atoms with Gasteiger partial charge in [-0.3, -0.25) is 14.4 Å². The molecule has 0 aromatic carbocycles. The Morgan fingerprint density at radius 3 is 2.62 bits per heavy atom. The van der Waals surface area contributed by atoms with Gasteiger partial charge in [0.05, 0.1) is 14.2 Å². The van der Waals surface area contributed by atoms with Gasteiger partial charge in [0.15, 0.2) is 11.4 Å². The van der Waals surface area contributed by atoms with E-state index >= 15 is 0 Å². The first kappa shape index (κ1) is 12.2. The van der Waals surface area contributed by atoms with Gasteiger partial charge in [0.1, 0.15) is 0 Å². The van der Waals surface area contributed by atoms with E-state index in [-0.39, 0.29) is 17.0 Å². The van der Waals surface area contributed by atoms with Crippen molar-refractivity contribution < 1.29 is 14.4 Å². The molecule has 0 spiro atoms. The van der Waals surface area contributed by atoms with Crippen LogP contribution in [0.5, 0.6) is 5.75 Å². The number of carbonyl (C=O) groups is 1. The molecule has 0 saturated heterocycles. The van der Waals surface area contributed by atoms with E-state index in [1.54, 1.807) is 0 Å². The lowest BCUT2D eigenvalue weighted by atomic mass is 10.3. The molecule has 0 radical (unpaired) electrons. The normalized spacial score (nSPS) is 10.0. The molecule has 1 rings (SSSR count). The molecule has 0 aliphatic rings. The van der Waals surface area contributed by atoms with E-state index < -0.39 is 5.91 Å². The first-order valence-corrected chi connectivity index (χ1v) is 4.45. The summed E-state index contributed by atoms with van der Waals surface area (Å²) in [5.41, 5.74) is -0.331. The number of aromatic nitrogens is 2. The highest BCUT2D eigenvalue weighted by molar-refractivity contribution is 5.93. The molecule has 0 aliphatic heterocycles. The summed E-state index contributed by atoms with van der Waals surface area (Å²) in [5, 5.41) is 4.82. The van der Waals surface area contributed by atoms with Crippen LogP contribution in [0.4, 0.5) is 0 Å². The maximum absolute atomic E-state index is 11.8. The number of methoxy groups -OCH3 is 1. The van der Waals surface area contributed by atoms with Crippen LogP contribution in [-0.2, 0) is 11.9 Å². The van der Waals surface area contributed by atoms with Gasteiger partial charge in [-0.25, -0.2) is 9.75 Å². The van der Waals surface area contributed by atoms with Crippen LogP contribution in [0.1, 0.15) is 10.5 Å². The molecule has 0 fully saturated rings. The third-order valence-corrected chi connectivity index (χ3v) is 2.04. The van der Waals surface area contributed by atoms with Crippen LogP contribution < -0.4 is 10.3 Å². The molecule has 0 aliphatic carbocycles. The number of hydroxylamine groups is 2. The number of hydrogen-bond donors (Lipinski definition) is 0. The van der Waals surface area contributed by atoms with E-state index in [1.807, 2.05) is 0 Å². The summed E-state index contributed by atoms with van der Waals surface area (Å²) in [4.78, 5) is 27.8. The Balaban J connectivity index is 3.27. The lowest BCUT2D eigenvalue weighted by molar-refractivity contribution is -0.0763. The van der Waals surface area contributed by atoms with Gasteiger partial charge < -0.3 is 4.74 Å². The summed E-state index contributed by atoms with van der Waals surface area (Å²) in [7, 11) is 5.60. The Morgan fingerprint density at radius 1 is 1.50 bits per heavy atom. The van der Waals surface area contributed by atoms with Crippen molar-refractivity contribution in [1.29, 1.82) is 0 Å². The van der Waals surface area contributed by atoms with E-state index in [2.05, 4.69) is 5.10 Å². The molecular formula is C9H13N3O4. The average molecular weight is 227 g/mol. The topological polar surface area (TPSA) is 73.7 Å². The maximum Gasteiger partial charge on any atom is 0.301 e. The summed E-state index contributed by atoms with van der Waals surface area (Å²) < 4.78 is 5.97. The fraction of sp³-hybridized carbons (Fsp3) is 0.444. The molecule has 1 heterocycles. The number of hydrogen-bond acceptors (Lipinski definition) is 5. The highest BCUT2D eigenvalue weighted by Crippen LogP contribution is 2.13. The fourth-order valence-corrected chi connectivity index (χ4v) is 1.06. The quantitative estimate of drug-likeness (QED) is 0.646.